The van der Waals surface area contributed by atoms with Crippen LogP contribution in [0.5, 0.6) is 5.75 Å². The Labute approximate surface area is 134 Å². The average molecular weight is 319 g/mol. The fourth-order valence-corrected chi connectivity index (χ4v) is 2.83. The van der Waals surface area contributed by atoms with Gasteiger partial charge in [-0.3, -0.25) is 4.79 Å². The van der Waals surface area contributed by atoms with Gasteiger partial charge in [-0.25, -0.2) is 4.98 Å². The third kappa shape index (κ3) is 4.29. The summed E-state index contributed by atoms with van der Waals surface area (Å²) in [6, 6.07) is 7.77. The van der Waals surface area contributed by atoms with Gasteiger partial charge in [-0.05, 0) is 31.2 Å². The topological polar surface area (TPSA) is 68.5 Å². The Bertz CT molecular complexity index is 610. The number of hydrogen-bond donors (Lipinski definition) is 1. The van der Waals surface area contributed by atoms with Crippen LogP contribution in [-0.4, -0.2) is 36.0 Å². The lowest BCUT2D eigenvalue weighted by Crippen LogP contribution is -2.26. The molecule has 1 aromatic carbocycles. The zero-order chi connectivity index (χ0) is 15.9. The summed E-state index contributed by atoms with van der Waals surface area (Å²) in [5, 5.41) is 2.70. The Morgan fingerprint density at radius 1 is 1.36 bits per heavy atom. The molecular formula is C16H21N3O2S. The standard InChI is InChI=1S/C16H21N3O2S/c1-3-21-13-6-4-12(5-7-13)10-19(2)16(20)14-11-22-15(18-14)8-9-17/h4-7,11H,3,8-10,17H2,1-2H3. The van der Waals surface area contributed by atoms with E-state index in [9.17, 15) is 4.79 Å². The fourth-order valence-electron chi connectivity index (χ4n) is 2.05. The first-order chi connectivity index (χ1) is 10.6. The molecule has 0 saturated carbocycles. The molecule has 2 N–H and O–H groups in total. The molecule has 0 aliphatic rings. The van der Waals surface area contributed by atoms with Gasteiger partial charge in [0.1, 0.15) is 11.4 Å². The lowest BCUT2D eigenvalue weighted by Gasteiger charge is -2.16. The average Bonchev–Trinajstić information content (AvgIpc) is 2.98. The van der Waals surface area contributed by atoms with Crippen molar-refractivity contribution in [3.63, 3.8) is 0 Å². The van der Waals surface area contributed by atoms with Crippen molar-refractivity contribution < 1.29 is 9.53 Å². The summed E-state index contributed by atoms with van der Waals surface area (Å²) in [5.74, 6) is 0.763. The molecular weight excluding hydrogens is 298 g/mol. The normalized spacial score (nSPS) is 10.5. The first-order valence-electron chi connectivity index (χ1n) is 7.25. The van der Waals surface area contributed by atoms with Gasteiger partial charge >= 0.3 is 0 Å². The maximum absolute atomic E-state index is 12.4. The van der Waals surface area contributed by atoms with Crippen molar-refractivity contribution in [2.45, 2.75) is 19.9 Å². The van der Waals surface area contributed by atoms with Crippen molar-refractivity contribution in [2.75, 3.05) is 20.2 Å². The van der Waals surface area contributed by atoms with Crippen LogP contribution in [0.3, 0.4) is 0 Å². The van der Waals surface area contributed by atoms with Gasteiger partial charge < -0.3 is 15.4 Å². The number of hydrogen-bond acceptors (Lipinski definition) is 5. The van der Waals surface area contributed by atoms with Crippen LogP contribution in [0.2, 0.25) is 0 Å². The molecule has 0 bridgehead atoms. The van der Waals surface area contributed by atoms with E-state index in [2.05, 4.69) is 4.98 Å². The Morgan fingerprint density at radius 3 is 2.73 bits per heavy atom. The number of carbonyl (C=O) groups is 1. The van der Waals surface area contributed by atoms with Crippen molar-refractivity contribution >= 4 is 17.2 Å². The summed E-state index contributed by atoms with van der Waals surface area (Å²) < 4.78 is 5.41. The van der Waals surface area contributed by atoms with E-state index in [0.29, 0.717) is 31.8 Å². The lowest BCUT2D eigenvalue weighted by molar-refractivity contribution is 0.0780. The van der Waals surface area contributed by atoms with Crippen molar-refractivity contribution in [3.8, 4) is 5.75 Å². The van der Waals surface area contributed by atoms with E-state index in [1.807, 2.05) is 31.2 Å². The number of thiazole rings is 1. The van der Waals surface area contributed by atoms with E-state index in [1.54, 1.807) is 17.3 Å². The molecule has 0 unspecified atom stereocenters. The molecule has 5 nitrogen and oxygen atoms in total. The minimum Gasteiger partial charge on any atom is -0.494 e. The lowest BCUT2D eigenvalue weighted by atomic mass is 10.2. The predicted molar refractivity (Wildman–Crippen MR) is 88.3 cm³/mol. The van der Waals surface area contributed by atoms with Gasteiger partial charge in [0.05, 0.1) is 11.6 Å². The molecule has 0 radical (unpaired) electrons. The Hall–Kier alpha value is -1.92. The largest absolute Gasteiger partial charge is 0.494 e. The third-order valence-corrected chi connectivity index (χ3v) is 4.04. The first kappa shape index (κ1) is 16.5. The highest BCUT2D eigenvalue weighted by atomic mass is 32.1. The second-order valence-corrected chi connectivity index (χ2v) is 5.85. The number of nitrogens with zero attached hydrogens (tertiary/aromatic N) is 2. The molecule has 6 heteroatoms. The molecule has 2 rings (SSSR count). The first-order valence-corrected chi connectivity index (χ1v) is 8.13. The van der Waals surface area contributed by atoms with E-state index in [0.717, 1.165) is 16.3 Å². The molecule has 118 valence electrons. The summed E-state index contributed by atoms with van der Waals surface area (Å²) in [4.78, 5) is 18.3. The summed E-state index contributed by atoms with van der Waals surface area (Å²) in [7, 11) is 1.78. The zero-order valence-electron chi connectivity index (χ0n) is 12.9. The van der Waals surface area contributed by atoms with Crippen molar-refractivity contribution in [2.24, 2.45) is 5.73 Å². The molecule has 1 aromatic heterocycles. The summed E-state index contributed by atoms with van der Waals surface area (Å²) in [5.41, 5.74) is 7.04. The number of aromatic nitrogens is 1. The van der Waals surface area contributed by atoms with Crippen LogP contribution in [0.4, 0.5) is 0 Å². The summed E-state index contributed by atoms with van der Waals surface area (Å²) in [6.07, 6.45) is 0.709. The van der Waals surface area contributed by atoms with Gasteiger partial charge in [-0.15, -0.1) is 11.3 Å². The molecule has 0 atom stereocenters. The number of benzene rings is 1. The zero-order valence-corrected chi connectivity index (χ0v) is 13.7. The highest BCUT2D eigenvalue weighted by Gasteiger charge is 2.15. The van der Waals surface area contributed by atoms with Gasteiger partial charge in [0.25, 0.3) is 5.91 Å². The highest BCUT2D eigenvalue weighted by Crippen LogP contribution is 2.16. The van der Waals surface area contributed by atoms with Crippen molar-refractivity contribution in [3.05, 3.63) is 45.9 Å². The Morgan fingerprint density at radius 2 is 2.09 bits per heavy atom. The SMILES string of the molecule is CCOc1ccc(CN(C)C(=O)c2csc(CCN)n2)cc1. The van der Waals surface area contributed by atoms with E-state index in [1.165, 1.54) is 11.3 Å². The molecule has 0 fully saturated rings. The molecule has 0 saturated heterocycles. The third-order valence-electron chi connectivity index (χ3n) is 3.13. The minimum absolute atomic E-state index is 0.0755. The minimum atomic E-state index is -0.0755. The van der Waals surface area contributed by atoms with Crippen molar-refractivity contribution in [1.82, 2.24) is 9.88 Å². The highest BCUT2D eigenvalue weighted by molar-refractivity contribution is 7.09. The van der Waals surface area contributed by atoms with E-state index in [-0.39, 0.29) is 5.91 Å². The van der Waals surface area contributed by atoms with E-state index in [4.69, 9.17) is 10.5 Å². The summed E-state index contributed by atoms with van der Waals surface area (Å²) >= 11 is 1.48. The van der Waals surface area contributed by atoms with Crippen LogP contribution in [0, 0.1) is 0 Å². The van der Waals surface area contributed by atoms with Crippen LogP contribution >= 0.6 is 11.3 Å². The number of nitrogens with two attached hydrogens (primary N) is 1. The molecule has 22 heavy (non-hydrogen) atoms. The monoisotopic (exact) mass is 319 g/mol. The maximum Gasteiger partial charge on any atom is 0.273 e. The predicted octanol–water partition coefficient (Wildman–Crippen LogP) is 2.32. The smallest absolute Gasteiger partial charge is 0.273 e. The van der Waals surface area contributed by atoms with Gasteiger partial charge in [0, 0.05) is 25.4 Å². The molecule has 1 heterocycles. The van der Waals surface area contributed by atoms with Crippen molar-refractivity contribution in [1.29, 1.82) is 0 Å². The molecule has 0 spiro atoms. The molecule has 1 amide bonds. The van der Waals surface area contributed by atoms with Crippen LogP contribution in [0.1, 0.15) is 28.0 Å². The van der Waals surface area contributed by atoms with Gasteiger partial charge in [0.15, 0.2) is 0 Å². The van der Waals surface area contributed by atoms with Crippen LogP contribution in [0.15, 0.2) is 29.6 Å². The second-order valence-electron chi connectivity index (χ2n) is 4.90. The van der Waals surface area contributed by atoms with E-state index < -0.39 is 0 Å². The van der Waals surface area contributed by atoms with Crippen LogP contribution < -0.4 is 10.5 Å². The van der Waals surface area contributed by atoms with Gasteiger partial charge in [-0.2, -0.15) is 0 Å². The molecule has 0 aliphatic carbocycles. The van der Waals surface area contributed by atoms with Crippen LogP contribution in [-0.2, 0) is 13.0 Å². The summed E-state index contributed by atoms with van der Waals surface area (Å²) in [6.45, 7) is 3.68. The Kier molecular flexibility index (Phi) is 5.91. The number of carbonyl (C=O) groups excluding carboxylic acids is 1. The van der Waals surface area contributed by atoms with Crippen LogP contribution in [0.25, 0.3) is 0 Å². The Balaban J connectivity index is 1.97. The molecule has 2 aromatic rings. The van der Waals surface area contributed by atoms with Gasteiger partial charge in [-0.1, -0.05) is 12.1 Å². The fraction of sp³-hybridized carbons (Fsp3) is 0.375. The second kappa shape index (κ2) is 7.91. The quantitative estimate of drug-likeness (QED) is 0.850. The number of amides is 1. The number of rotatable bonds is 7. The van der Waals surface area contributed by atoms with E-state index >= 15 is 0 Å². The number of ether oxygens (including phenoxy) is 1. The van der Waals surface area contributed by atoms with Gasteiger partial charge in [0.2, 0.25) is 0 Å². The maximum atomic E-state index is 12.4. The molecule has 0 aliphatic heterocycles.